The average Bonchev–Trinajstić information content (AvgIpc) is 3.15. The first kappa shape index (κ1) is 14.0. The largest absolute Gasteiger partial charge is 0.346 e. The van der Waals surface area contributed by atoms with E-state index in [2.05, 4.69) is 5.10 Å². The van der Waals surface area contributed by atoms with Crippen LogP contribution in [0.2, 0.25) is 0 Å². The minimum absolute atomic E-state index is 0.0765. The fourth-order valence-electron chi connectivity index (χ4n) is 2.19. The molecule has 3 heterocycles. The molecule has 112 valence electrons. The molecule has 0 bridgehead atoms. The number of ether oxygens (including phenoxy) is 2. The van der Waals surface area contributed by atoms with Gasteiger partial charge in [-0.3, -0.25) is 4.79 Å². The van der Waals surface area contributed by atoms with Crippen molar-refractivity contribution in [1.82, 2.24) is 9.61 Å². The van der Waals surface area contributed by atoms with Crippen LogP contribution in [0.15, 0.2) is 18.2 Å². The van der Waals surface area contributed by atoms with Crippen LogP contribution in [-0.2, 0) is 15.4 Å². The highest BCUT2D eigenvalue weighted by atomic mass is 19.3. The van der Waals surface area contributed by atoms with Crippen molar-refractivity contribution < 1.29 is 27.4 Å². The van der Waals surface area contributed by atoms with Crippen LogP contribution in [0.1, 0.15) is 28.0 Å². The molecule has 0 amide bonds. The van der Waals surface area contributed by atoms with Gasteiger partial charge >= 0.3 is 5.92 Å². The third-order valence-corrected chi connectivity index (χ3v) is 3.22. The first-order valence-corrected chi connectivity index (χ1v) is 6.22. The van der Waals surface area contributed by atoms with Gasteiger partial charge in [0, 0.05) is 5.56 Å². The van der Waals surface area contributed by atoms with Crippen LogP contribution >= 0.6 is 0 Å². The Morgan fingerprint density at radius 3 is 2.71 bits per heavy atom. The standard InChI is InChI=1S/C13H11F3N2O3/c14-7-13(15,16)11-5-10-9(12-20-3-4-21-12)2-1-8(6-19)18(10)17-11/h1-2,5-6,12H,3-4,7H2. The van der Waals surface area contributed by atoms with Gasteiger partial charge in [-0.25, -0.2) is 8.91 Å². The predicted molar refractivity (Wildman–Crippen MR) is 65.1 cm³/mol. The molecule has 1 aliphatic rings. The lowest BCUT2D eigenvalue weighted by Gasteiger charge is -2.11. The molecule has 0 aliphatic carbocycles. The molecule has 0 N–H and O–H groups in total. The maximum absolute atomic E-state index is 13.5. The number of aromatic nitrogens is 2. The Kier molecular flexibility index (Phi) is 3.42. The summed E-state index contributed by atoms with van der Waals surface area (Å²) in [7, 11) is 0. The van der Waals surface area contributed by atoms with E-state index in [4.69, 9.17) is 9.47 Å². The van der Waals surface area contributed by atoms with E-state index in [-0.39, 0.29) is 11.2 Å². The smallest absolute Gasteiger partial charge is 0.319 e. The summed E-state index contributed by atoms with van der Waals surface area (Å²) in [6, 6.07) is 4.02. The SMILES string of the molecule is O=Cc1ccc(C2OCCO2)c2cc(C(F)(F)CF)nn12. The van der Waals surface area contributed by atoms with E-state index in [1.54, 1.807) is 6.07 Å². The number of hydrogen-bond acceptors (Lipinski definition) is 4. The molecule has 3 rings (SSSR count). The summed E-state index contributed by atoms with van der Waals surface area (Å²) in [4.78, 5) is 11.0. The van der Waals surface area contributed by atoms with Crippen LogP contribution in [0.25, 0.3) is 5.52 Å². The second-order valence-corrected chi connectivity index (χ2v) is 4.57. The van der Waals surface area contributed by atoms with Gasteiger partial charge < -0.3 is 9.47 Å². The van der Waals surface area contributed by atoms with E-state index in [0.29, 0.717) is 25.1 Å². The maximum Gasteiger partial charge on any atom is 0.319 e. The van der Waals surface area contributed by atoms with Crippen molar-refractivity contribution in [1.29, 1.82) is 0 Å². The number of alkyl halides is 3. The summed E-state index contributed by atoms with van der Waals surface area (Å²) < 4.78 is 51.1. The van der Waals surface area contributed by atoms with Gasteiger partial charge in [-0.05, 0) is 18.2 Å². The number of hydrogen-bond donors (Lipinski definition) is 0. The number of pyridine rings is 1. The molecule has 1 aliphatic heterocycles. The number of halogens is 3. The van der Waals surface area contributed by atoms with Crippen molar-refractivity contribution in [2.75, 3.05) is 19.9 Å². The quantitative estimate of drug-likeness (QED) is 0.813. The highest BCUT2D eigenvalue weighted by Gasteiger charge is 2.36. The summed E-state index contributed by atoms with van der Waals surface area (Å²) in [5.74, 6) is -3.71. The van der Waals surface area contributed by atoms with Gasteiger partial charge in [0.1, 0.15) is 11.4 Å². The minimum Gasteiger partial charge on any atom is -0.346 e. The lowest BCUT2D eigenvalue weighted by Crippen LogP contribution is -2.16. The van der Waals surface area contributed by atoms with E-state index in [1.807, 2.05) is 0 Å². The first-order chi connectivity index (χ1) is 10.1. The van der Waals surface area contributed by atoms with Crippen molar-refractivity contribution >= 4 is 11.8 Å². The molecular formula is C13H11F3N2O3. The molecule has 0 atom stereocenters. The van der Waals surface area contributed by atoms with Gasteiger partial charge in [-0.15, -0.1) is 0 Å². The van der Waals surface area contributed by atoms with E-state index in [1.165, 1.54) is 6.07 Å². The highest BCUT2D eigenvalue weighted by molar-refractivity contribution is 5.75. The number of aldehydes is 1. The Bertz CT molecular complexity index is 681. The van der Waals surface area contributed by atoms with Crippen LogP contribution in [0.5, 0.6) is 0 Å². The number of fused-ring (bicyclic) bond motifs is 1. The van der Waals surface area contributed by atoms with Gasteiger partial charge in [0.2, 0.25) is 0 Å². The molecule has 2 aromatic heterocycles. The summed E-state index contributed by atoms with van der Waals surface area (Å²) in [6.07, 6.45) is -0.228. The number of rotatable bonds is 4. The van der Waals surface area contributed by atoms with Gasteiger partial charge in [0.25, 0.3) is 0 Å². The fourth-order valence-corrected chi connectivity index (χ4v) is 2.19. The minimum atomic E-state index is -3.71. The van der Waals surface area contributed by atoms with Gasteiger partial charge in [-0.2, -0.15) is 13.9 Å². The monoisotopic (exact) mass is 300 g/mol. The molecule has 0 saturated carbocycles. The van der Waals surface area contributed by atoms with Crippen LogP contribution in [-0.4, -0.2) is 35.8 Å². The summed E-state index contributed by atoms with van der Waals surface area (Å²) in [5.41, 5.74) is 0.0346. The summed E-state index contributed by atoms with van der Waals surface area (Å²) in [6.45, 7) is -1.10. The zero-order valence-corrected chi connectivity index (χ0v) is 10.8. The highest BCUT2D eigenvalue weighted by Crippen LogP contribution is 2.32. The lowest BCUT2D eigenvalue weighted by molar-refractivity contribution is -0.0432. The normalized spacial score (nSPS) is 16.7. The third-order valence-electron chi connectivity index (χ3n) is 3.22. The molecule has 8 heteroatoms. The van der Waals surface area contributed by atoms with Crippen LogP contribution in [0.3, 0.4) is 0 Å². The van der Waals surface area contributed by atoms with Gasteiger partial charge in [0.05, 0.1) is 18.7 Å². The lowest BCUT2D eigenvalue weighted by atomic mass is 10.1. The molecule has 0 radical (unpaired) electrons. The number of carbonyl (C=O) groups excluding carboxylic acids is 1. The zero-order chi connectivity index (χ0) is 15.0. The van der Waals surface area contributed by atoms with Gasteiger partial charge in [-0.1, -0.05) is 0 Å². The molecule has 2 aromatic rings. The molecular weight excluding hydrogens is 289 g/mol. The first-order valence-electron chi connectivity index (χ1n) is 6.22. The Morgan fingerprint density at radius 2 is 2.10 bits per heavy atom. The number of nitrogens with zero attached hydrogens (tertiary/aromatic N) is 2. The van der Waals surface area contributed by atoms with E-state index in [9.17, 15) is 18.0 Å². The Hall–Kier alpha value is -1.93. The molecule has 0 aromatic carbocycles. The Morgan fingerprint density at radius 1 is 1.38 bits per heavy atom. The van der Waals surface area contributed by atoms with Crippen molar-refractivity contribution in [3.63, 3.8) is 0 Å². The zero-order valence-electron chi connectivity index (χ0n) is 10.8. The molecule has 0 unspecified atom stereocenters. The van der Waals surface area contributed by atoms with Crippen molar-refractivity contribution in [2.45, 2.75) is 12.2 Å². The van der Waals surface area contributed by atoms with E-state index >= 15 is 0 Å². The van der Waals surface area contributed by atoms with Crippen molar-refractivity contribution in [2.24, 2.45) is 0 Å². The number of carbonyl (C=O) groups is 1. The van der Waals surface area contributed by atoms with E-state index < -0.39 is 24.6 Å². The Balaban J connectivity index is 2.19. The predicted octanol–water partition coefficient (Wildman–Crippen LogP) is 2.25. The second-order valence-electron chi connectivity index (χ2n) is 4.57. The molecule has 0 spiro atoms. The average molecular weight is 300 g/mol. The van der Waals surface area contributed by atoms with Crippen LogP contribution < -0.4 is 0 Å². The summed E-state index contributed by atoms with van der Waals surface area (Å²) >= 11 is 0. The molecule has 5 nitrogen and oxygen atoms in total. The van der Waals surface area contributed by atoms with E-state index in [0.717, 1.165) is 10.6 Å². The third kappa shape index (κ3) is 2.30. The molecule has 21 heavy (non-hydrogen) atoms. The maximum atomic E-state index is 13.5. The molecule has 1 fully saturated rings. The van der Waals surface area contributed by atoms with Gasteiger partial charge in [0.15, 0.2) is 19.3 Å². The van der Waals surface area contributed by atoms with Crippen molar-refractivity contribution in [3.05, 3.63) is 35.2 Å². The van der Waals surface area contributed by atoms with Crippen LogP contribution in [0, 0.1) is 0 Å². The van der Waals surface area contributed by atoms with Crippen LogP contribution in [0.4, 0.5) is 13.2 Å². The second kappa shape index (κ2) is 5.12. The molecule has 1 saturated heterocycles. The topological polar surface area (TPSA) is 52.8 Å². The fraction of sp³-hybridized carbons (Fsp3) is 0.385. The van der Waals surface area contributed by atoms with Crippen molar-refractivity contribution in [3.8, 4) is 0 Å². The Labute approximate surface area is 117 Å². The summed E-state index contributed by atoms with van der Waals surface area (Å²) in [5, 5.41) is 3.64.